The van der Waals surface area contributed by atoms with Gasteiger partial charge in [-0.25, -0.2) is 4.98 Å². The van der Waals surface area contributed by atoms with Gasteiger partial charge in [-0.1, -0.05) is 16.8 Å². The molecule has 1 aliphatic rings. The highest BCUT2D eigenvalue weighted by molar-refractivity contribution is 6.31. The molecule has 1 N–H and O–H groups in total. The third-order valence-electron chi connectivity index (χ3n) is 4.17. The fourth-order valence-corrected chi connectivity index (χ4v) is 3.28. The Bertz CT molecular complexity index is 1080. The first-order valence-electron chi connectivity index (χ1n) is 7.40. The number of rotatable bonds is 1. The van der Waals surface area contributed by atoms with E-state index in [0.717, 1.165) is 28.2 Å². The zero-order valence-electron chi connectivity index (χ0n) is 12.6. The smallest absolute Gasteiger partial charge is 0.223 e. The van der Waals surface area contributed by atoms with Crippen LogP contribution in [-0.2, 0) is 6.42 Å². The number of imidazole rings is 1. The number of aromatic nitrogens is 6. The van der Waals surface area contributed by atoms with E-state index in [4.69, 9.17) is 16.1 Å². The summed E-state index contributed by atoms with van der Waals surface area (Å²) in [5, 5.41) is 11.9. The van der Waals surface area contributed by atoms with Crippen LogP contribution in [0.2, 0.25) is 5.02 Å². The third kappa shape index (κ3) is 1.85. The second-order valence-corrected chi connectivity index (χ2v) is 6.09. The van der Waals surface area contributed by atoms with Gasteiger partial charge in [0.05, 0.1) is 23.3 Å². The predicted molar refractivity (Wildman–Crippen MR) is 87.0 cm³/mol. The standard InChI is InChI=1S/C16H11ClN6O/c1-8-20-16(22-24-8)15-13-4-9-6-19-21-14(9)11-5-10(17)2-3-12(11)23(13)7-18-15/h2-3,5-7H,4H2,1H3,(H,19,21). The lowest BCUT2D eigenvalue weighted by Gasteiger charge is -2.09. The molecule has 0 saturated heterocycles. The van der Waals surface area contributed by atoms with Crippen LogP contribution in [0.25, 0.3) is 28.5 Å². The lowest BCUT2D eigenvalue weighted by atomic mass is 10.0. The first kappa shape index (κ1) is 13.5. The Kier molecular flexibility index (Phi) is 2.69. The van der Waals surface area contributed by atoms with Crippen molar-refractivity contribution in [3.8, 4) is 28.5 Å². The van der Waals surface area contributed by atoms with E-state index in [9.17, 15) is 0 Å². The Morgan fingerprint density at radius 1 is 1.33 bits per heavy atom. The molecule has 0 fully saturated rings. The van der Waals surface area contributed by atoms with Gasteiger partial charge in [0.25, 0.3) is 0 Å². The average molecular weight is 339 g/mol. The van der Waals surface area contributed by atoms with E-state index < -0.39 is 0 Å². The summed E-state index contributed by atoms with van der Waals surface area (Å²) >= 11 is 6.20. The van der Waals surface area contributed by atoms with Crippen molar-refractivity contribution >= 4 is 11.6 Å². The summed E-state index contributed by atoms with van der Waals surface area (Å²) in [5.74, 6) is 1.00. The van der Waals surface area contributed by atoms with Crippen LogP contribution in [0.3, 0.4) is 0 Å². The second kappa shape index (κ2) is 4.78. The number of hydrogen-bond donors (Lipinski definition) is 1. The Labute approximate surface area is 141 Å². The minimum absolute atomic E-state index is 0.490. The van der Waals surface area contributed by atoms with Crippen LogP contribution in [-0.4, -0.2) is 29.9 Å². The molecule has 1 aliphatic heterocycles. The molecule has 7 nitrogen and oxygen atoms in total. The minimum atomic E-state index is 0.490. The summed E-state index contributed by atoms with van der Waals surface area (Å²) in [7, 11) is 0. The highest BCUT2D eigenvalue weighted by Gasteiger charge is 2.25. The van der Waals surface area contributed by atoms with Crippen LogP contribution in [0.15, 0.2) is 35.2 Å². The van der Waals surface area contributed by atoms with Gasteiger partial charge in [-0.3, -0.25) is 5.10 Å². The van der Waals surface area contributed by atoms with Crippen LogP contribution in [0.4, 0.5) is 0 Å². The van der Waals surface area contributed by atoms with Gasteiger partial charge in [-0.15, -0.1) is 0 Å². The van der Waals surface area contributed by atoms with Gasteiger partial charge in [0.2, 0.25) is 11.7 Å². The summed E-state index contributed by atoms with van der Waals surface area (Å²) < 4.78 is 7.15. The highest BCUT2D eigenvalue weighted by atomic mass is 35.5. The second-order valence-electron chi connectivity index (χ2n) is 5.66. The van der Waals surface area contributed by atoms with Gasteiger partial charge in [-0.05, 0) is 18.2 Å². The SMILES string of the molecule is Cc1nc(-c2ncn3c2Cc2cn[nH]c2-c2cc(Cl)ccc2-3)no1. The van der Waals surface area contributed by atoms with Crippen molar-refractivity contribution in [2.24, 2.45) is 0 Å². The van der Waals surface area contributed by atoms with E-state index in [1.807, 2.05) is 29.0 Å². The lowest BCUT2D eigenvalue weighted by molar-refractivity contribution is 0.394. The zero-order valence-corrected chi connectivity index (χ0v) is 13.4. The topological polar surface area (TPSA) is 85.4 Å². The van der Waals surface area contributed by atoms with Gasteiger partial charge in [-0.2, -0.15) is 10.1 Å². The number of hydrogen-bond acceptors (Lipinski definition) is 5. The molecule has 0 unspecified atom stereocenters. The molecule has 8 heteroatoms. The van der Waals surface area contributed by atoms with Crippen molar-refractivity contribution in [1.29, 1.82) is 0 Å². The largest absolute Gasteiger partial charge is 0.339 e. The monoisotopic (exact) mass is 338 g/mol. The normalized spacial score (nSPS) is 12.4. The number of aryl methyl sites for hydroxylation is 1. The number of nitrogens with zero attached hydrogens (tertiary/aromatic N) is 5. The van der Waals surface area contributed by atoms with Gasteiger partial charge in [0.15, 0.2) is 0 Å². The molecule has 1 aromatic carbocycles. The average Bonchev–Trinajstić information content (AvgIpc) is 3.27. The van der Waals surface area contributed by atoms with Gasteiger partial charge in [0, 0.05) is 29.5 Å². The van der Waals surface area contributed by atoms with Crippen LogP contribution in [0.5, 0.6) is 0 Å². The summed E-state index contributed by atoms with van der Waals surface area (Å²) in [6.07, 6.45) is 4.26. The van der Waals surface area contributed by atoms with Gasteiger partial charge < -0.3 is 9.09 Å². The highest BCUT2D eigenvalue weighted by Crippen LogP contribution is 2.37. The molecule has 3 aromatic heterocycles. The number of fused-ring (bicyclic) bond motifs is 5. The fraction of sp³-hybridized carbons (Fsp3) is 0.125. The maximum absolute atomic E-state index is 6.20. The van der Waals surface area contributed by atoms with E-state index in [2.05, 4.69) is 25.3 Å². The molecule has 0 aliphatic carbocycles. The molecular formula is C16H11ClN6O. The van der Waals surface area contributed by atoms with Gasteiger partial charge in [0.1, 0.15) is 12.0 Å². The van der Waals surface area contributed by atoms with E-state index in [1.165, 1.54) is 0 Å². The molecular weight excluding hydrogens is 328 g/mol. The maximum Gasteiger partial charge on any atom is 0.223 e. The van der Waals surface area contributed by atoms with Crippen LogP contribution < -0.4 is 0 Å². The lowest BCUT2D eigenvalue weighted by Crippen LogP contribution is -2.00. The van der Waals surface area contributed by atoms with Crippen molar-refractivity contribution in [3.05, 3.63) is 52.9 Å². The minimum Gasteiger partial charge on any atom is -0.339 e. The number of benzene rings is 1. The van der Waals surface area contributed by atoms with E-state index in [1.54, 1.807) is 13.3 Å². The summed E-state index contributed by atoms with van der Waals surface area (Å²) in [5.41, 5.74) is 5.70. The molecule has 0 radical (unpaired) electrons. The Balaban J connectivity index is 1.81. The van der Waals surface area contributed by atoms with Crippen LogP contribution in [0, 0.1) is 6.92 Å². The van der Waals surface area contributed by atoms with E-state index >= 15 is 0 Å². The Morgan fingerprint density at radius 3 is 3.08 bits per heavy atom. The molecule has 0 saturated carbocycles. The maximum atomic E-state index is 6.20. The van der Waals surface area contributed by atoms with Crippen LogP contribution >= 0.6 is 11.6 Å². The van der Waals surface area contributed by atoms with Crippen molar-refractivity contribution in [1.82, 2.24) is 29.9 Å². The number of halogens is 1. The first-order valence-corrected chi connectivity index (χ1v) is 7.78. The molecule has 0 bridgehead atoms. The summed E-state index contributed by atoms with van der Waals surface area (Å²) in [6.45, 7) is 1.76. The molecule has 24 heavy (non-hydrogen) atoms. The summed E-state index contributed by atoms with van der Waals surface area (Å²) in [4.78, 5) is 8.82. The third-order valence-corrected chi connectivity index (χ3v) is 4.40. The van der Waals surface area contributed by atoms with Crippen molar-refractivity contribution in [2.45, 2.75) is 13.3 Å². The van der Waals surface area contributed by atoms with Crippen molar-refractivity contribution in [2.75, 3.05) is 0 Å². The quantitative estimate of drug-likeness (QED) is 0.507. The fourth-order valence-electron chi connectivity index (χ4n) is 3.11. The number of H-pyrrole nitrogens is 1. The summed E-state index contributed by atoms with van der Waals surface area (Å²) in [6, 6.07) is 5.77. The van der Waals surface area contributed by atoms with Crippen molar-refractivity contribution in [3.63, 3.8) is 0 Å². The molecule has 0 atom stereocenters. The molecule has 4 aromatic rings. The molecule has 118 valence electrons. The Hall–Kier alpha value is -2.93. The number of nitrogens with one attached hydrogen (secondary N) is 1. The first-order chi connectivity index (χ1) is 11.7. The molecule has 0 amide bonds. The molecule has 5 rings (SSSR count). The number of aromatic amines is 1. The van der Waals surface area contributed by atoms with E-state index in [0.29, 0.717) is 28.9 Å². The van der Waals surface area contributed by atoms with E-state index in [-0.39, 0.29) is 0 Å². The van der Waals surface area contributed by atoms with Crippen molar-refractivity contribution < 1.29 is 4.52 Å². The molecule has 4 heterocycles. The zero-order chi connectivity index (χ0) is 16.3. The molecule has 0 spiro atoms. The van der Waals surface area contributed by atoms with Crippen LogP contribution in [0.1, 0.15) is 17.1 Å². The van der Waals surface area contributed by atoms with Gasteiger partial charge >= 0.3 is 0 Å². The predicted octanol–water partition coefficient (Wildman–Crippen LogP) is 3.18. The Morgan fingerprint density at radius 2 is 2.25 bits per heavy atom.